The lowest BCUT2D eigenvalue weighted by atomic mass is 9.79. The number of hydrogen-bond acceptors (Lipinski definition) is 4. The molecular weight excluding hydrogens is 268 g/mol. The lowest BCUT2D eigenvalue weighted by Crippen LogP contribution is -2.52. The first-order valence-electron chi connectivity index (χ1n) is 6.18. The predicted molar refractivity (Wildman–Crippen MR) is 79.8 cm³/mol. The van der Waals surface area contributed by atoms with Crippen molar-refractivity contribution in [3.8, 4) is 0 Å². The molecular formula is C12H22N2O2S2. The highest BCUT2D eigenvalue weighted by molar-refractivity contribution is 7.98. The van der Waals surface area contributed by atoms with E-state index in [2.05, 4.69) is 18.5 Å². The maximum Gasteiger partial charge on any atom is 0.233 e. The number of ether oxygens (including phenoxy) is 1. The molecule has 1 heterocycles. The summed E-state index contributed by atoms with van der Waals surface area (Å²) in [6.07, 6.45) is 3.24. The predicted octanol–water partition coefficient (Wildman–Crippen LogP) is 1.18. The van der Waals surface area contributed by atoms with Gasteiger partial charge in [0, 0.05) is 19.8 Å². The Hall–Kier alpha value is -0.330. The van der Waals surface area contributed by atoms with Gasteiger partial charge in [0.1, 0.15) is 5.41 Å². The standard InChI is InChI=1S/C12H22N2O2S2/c1-9(8-18-2)7-14-11(15)12(10(13)17)3-5-16-6-4-12/h9H,3-8H2,1-2H3,(H2,13,17)(H,14,15). The van der Waals surface area contributed by atoms with Crippen molar-refractivity contribution in [2.45, 2.75) is 19.8 Å². The van der Waals surface area contributed by atoms with Crippen molar-refractivity contribution in [2.24, 2.45) is 17.1 Å². The van der Waals surface area contributed by atoms with Gasteiger partial charge in [-0.15, -0.1) is 0 Å². The van der Waals surface area contributed by atoms with Crippen LogP contribution in [0.15, 0.2) is 0 Å². The lowest BCUT2D eigenvalue weighted by Gasteiger charge is -2.34. The van der Waals surface area contributed by atoms with Crippen molar-refractivity contribution >= 4 is 34.9 Å². The third kappa shape index (κ3) is 3.83. The smallest absolute Gasteiger partial charge is 0.233 e. The van der Waals surface area contributed by atoms with E-state index in [9.17, 15) is 4.79 Å². The molecule has 1 fully saturated rings. The molecule has 0 spiro atoms. The molecule has 0 bridgehead atoms. The van der Waals surface area contributed by atoms with Gasteiger partial charge in [-0.1, -0.05) is 19.1 Å². The van der Waals surface area contributed by atoms with Crippen LogP contribution in [0.2, 0.25) is 0 Å². The van der Waals surface area contributed by atoms with E-state index in [4.69, 9.17) is 22.7 Å². The lowest BCUT2D eigenvalue weighted by molar-refractivity contribution is -0.131. The van der Waals surface area contributed by atoms with Crippen LogP contribution in [0.3, 0.4) is 0 Å². The SMILES string of the molecule is CSCC(C)CNC(=O)C1(C(N)=S)CCOCC1. The summed E-state index contributed by atoms with van der Waals surface area (Å²) in [4.78, 5) is 12.6. The van der Waals surface area contributed by atoms with Gasteiger partial charge in [0.15, 0.2) is 0 Å². The van der Waals surface area contributed by atoms with Crippen LogP contribution in [0.5, 0.6) is 0 Å². The quantitative estimate of drug-likeness (QED) is 0.719. The molecule has 6 heteroatoms. The number of amides is 1. The Morgan fingerprint density at radius 3 is 2.67 bits per heavy atom. The molecule has 0 saturated carbocycles. The number of rotatable bonds is 6. The van der Waals surface area contributed by atoms with Gasteiger partial charge in [-0.25, -0.2) is 0 Å². The Labute approximate surface area is 118 Å². The number of carbonyl (C=O) groups excluding carboxylic acids is 1. The van der Waals surface area contributed by atoms with E-state index in [0.29, 0.717) is 43.5 Å². The van der Waals surface area contributed by atoms with Crippen LogP contribution in [0.4, 0.5) is 0 Å². The van der Waals surface area contributed by atoms with Gasteiger partial charge >= 0.3 is 0 Å². The van der Waals surface area contributed by atoms with Gasteiger partial charge in [0.25, 0.3) is 0 Å². The van der Waals surface area contributed by atoms with E-state index in [1.54, 1.807) is 11.8 Å². The van der Waals surface area contributed by atoms with E-state index in [0.717, 1.165) is 5.75 Å². The Kier molecular flexibility index (Phi) is 6.38. The number of nitrogens with two attached hydrogens (primary N) is 1. The fourth-order valence-corrected chi connectivity index (χ4v) is 3.07. The first-order chi connectivity index (χ1) is 8.53. The molecule has 1 rings (SSSR count). The minimum Gasteiger partial charge on any atom is -0.392 e. The largest absolute Gasteiger partial charge is 0.392 e. The van der Waals surface area contributed by atoms with Crippen molar-refractivity contribution in [1.29, 1.82) is 0 Å². The van der Waals surface area contributed by atoms with Crippen LogP contribution in [0.25, 0.3) is 0 Å². The Morgan fingerprint density at radius 2 is 2.17 bits per heavy atom. The summed E-state index contributed by atoms with van der Waals surface area (Å²) in [7, 11) is 0. The van der Waals surface area contributed by atoms with E-state index >= 15 is 0 Å². The molecule has 1 saturated heterocycles. The molecule has 18 heavy (non-hydrogen) atoms. The Morgan fingerprint density at radius 1 is 1.56 bits per heavy atom. The minimum absolute atomic E-state index is 0.0359. The van der Waals surface area contributed by atoms with Crippen molar-refractivity contribution in [3.05, 3.63) is 0 Å². The molecule has 104 valence electrons. The van der Waals surface area contributed by atoms with Crippen molar-refractivity contribution in [3.63, 3.8) is 0 Å². The van der Waals surface area contributed by atoms with Crippen LogP contribution in [0.1, 0.15) is 19.8 Å². The van der Waals surface area contributed by atoms with Gasteiger partial charge in [0.2, 0.25) is 5.91 Å². The Balaban J connectivity index is 2.58. The summed E-state index contributed by atoms with van der Waals surface area (Å²) in [6, 6.07) is 0. The number of thioether (sulfide) groups is 1. The zero-order chi connectivity index (χ0) is 13.6. The van der Waals surface area contributed by atoms with Crippen LogP contribution < -0.4 is 11.1 Å². The first-order valence-corrected chi connectivity index (χ1v) is 7.98. The summed E-state index contributed by atoms with van der Waals surface area (Å²) in [5, 5.41) is 2.98. The second-order valence-electron chi connectivity index (χ2n) is 4.83. The van der Waals surface area contributed by atoms with E-state index < -0.39 is 5.41 Å². The molecule has 1 atom stereocenters. The maximum atomic E-state index is 12.3. The summed E-state index contributed by atoms with van der Waals surface area (Å²) < 4.78 is 5.29. The van der Waals surface area contributed by atoms with Crippen molar-refractivity contribution in [2.75, 3.05) is 31.8 Å². The average Bonchev–Trinajstić information content (AvgIpc) is 2.37. The number of carbonyl (C=O) groups is 1. The highest BCUT2D eigenvalue weighted by Crippen LogP contribution is 2.31. The normalized spacial score (nSPS) is 20.1. The summed E-state index contributed by atoms with van der Waals surface area (Å²) in [5.41, 5.74) is 5.08. The highest BCUT2D eigenvalue weighted by atomic mass is 32.2. The molecule has 1 aliphatic heterocycles. The molecule has 0 radical (unpaired) electrons. The van der Waals surface area contributed by atoms with E-state index in [-0.39, 0.29) is 5.91 Å². The van der Waals surface area contributed by atoms with Crippen LogP contribution in [-0.4, -0.2) is 42.7 Å². The summed E-state index contributed by atoms with van der Waals surface area (Å²) in [6.45, 7) is 3.88. The van der Waals surface area contributed by atoms with Crippen LogP contribution >= 0.6 is 24.0 Å². The van der Waals surface area contributed by atoms with Gasteiger partial charge < -0.3 is 15.8 Å². The van der Waals surface area contributed by atoms with Gasteiger partial charge in [0.05, 0.1) is 4.99 Å². The first kappa shape index (κ1) is 15.7. The molecule has 1 unspecified atom stereocenters. The number of thiocarbonyl (C=S) groups is 1. The third-order valence-corrected chi connectivity index (χ3v) is 4.61. The zero-order valence-corrected chi connectivity index (χ0v) is 12.7. The molecule has 3 N–H and O–H groups in total. The Bertz CT molecular complexity index is 304. The molecule has 1 aliphatic rings. The van der Waals surface area contributed by atoms with Crippen LogP contribution in [0, 0.1) is 11.3 Å². The number of hydrogen-bond donors (Lipinski definition) is 2. The summed E-state index contributed by atoms with van der Waals surface area (Å²) >= 11 is 6.87. The monoisotopic (exact) mass is 290 g/mol. The third-order valence-electron chi connectivity index (χ3n) is 3.31. The van der Waals surface area contributed by atoms with Gasteiger partial charge in [-0.2, -0.15) is 11.8 Å². The highest BCUT2D eigenvalue weighted by Gasteiger charge is 2.42. The molecule has 4 nitrogen and oxygen atoms in total. The molecule has 1 amide bonds. The molecule has 0 aromatic heterocycles. The molecule has 0 aromatic rings. The second-order valence-corrected chi connectivity index (χ2v) is 6.18. The molecule has 0 aromatic carbocycles. The van der Waals surface area contributed by atoms with E-state index in [1.807, 2.05) is 0 Å². The van der Waals surface area contributed by atoms with Gasteiger partial charge in [-0.05, 0) is 30.8 Å². The zero-order valence-electron chi connectivity index (χ0n) is 11.0. The topological polar surface area (TPSA) is 64.4 Å². The van der Waals surface area contributed by atoms with Gasteiger partial charge in [-0.3, -0.25) is 4.79 Å². The van der Waals surface area contributed by atoms with Crippen LogP contribution in [-0.2, 0) is 9.53 Å². The van der Waals surface area contributed by atoms with Crippen molar-refractivity contribution in [1.82, 2.24) is 5.32 Å². The second kappa shape index (κ2) is 7.31. The fourth-order valence-electron chi connectivity index (χ4n) is 2.08. The molecule has 0 aliphatic carbocycles. The van der Waals surface area contributed by atoms with E-state index in [1.165, 1.54) is 0 Å². The number of nitrogens with one attached hydrogen (secondary N) is 1. The minimum atomic E-state index is -0.702. The van der Waals surface area contributed by atoms with Crippen molar-refractivity contribution < 1.29 is 9.53 Å². The fraction of sp³-hybridized carbons (Fsp3) is 0.833. The summed E-state index contributed by atoms with van der Waals surface area (Å²) in [5.74, 6) is 1.45. The average molecular weight is 290 g/mol. The maximum absolute atomic E-state index is 12.3.